The predicted molar refractivity (Wildman–Crippen MR) is 99.8 cm³/mol. The van der Waals surface area contributed by atoms with E-state index in [0.29, 0.717) is 26.1 Å². The van der Waals surface area contributed by atoms with Crippen LogP contribution in [-0.2, 0) is 9.47 Å². The van der Waals surface area contributed by atoms with Gasteiger partial charge < -0.3 is 25.0 Å². The molecule has 0 aromatic heterocycles. The number of carbonyl (C=O) groups is 2. The summed E-state index contributed by atoms with van der Waals surface area (Å²) < 4.78 is 10.6. The summed E-state index contributed by atoms with van der Waals surface area (Å²) in [6, 6.07) is 0. The molecule has 148 valence electrons. The zero-order valence-electron chi connectivity index (χ0n) is 17.0. The molecule has 7 heteroatoms. The second kappa shape index (κ2) is 11.2. The van der Waals surface area contributed by atoms with Gasteiger partial charge in [-0.05, 0) is 74.4 Å². The molecule has 0 saturated carbocycles. The first kappa shape index (κ1) is 23.5. The van der Waals surface area contributed by atoms with E-state index in [1.807, 2.05) is 48.6 Å². The van der Waals surface area contributed by atoms with Gasteiger partial charge >= 0.3 is 12.2 Å². The highest BCUT2D eigenvalue weighted by atomic mass is 16.6. The number of rotatable bonds is 9. The van der Waals surface area contributed by atoms with Crippen LogP contribution in [0, 0.1) is 0 Å². The molecule has 0 aliphatic rings. The standard InChI is InChI=1S/C18H37N3O4/c1-17(2,3)24-15(22)20-12-10-14-21(13-9-8-11-19-7)16(23)25-18(4,5)6/h19H,8-14H2,1-7H3,(H,20,22). The molecule has 0 aliphatic carbocycles. The Labute approximate surface area is 152 Å². The van der Waals surface area contributed by atoms with Crippen LogP contribution in [0.3, 0.4) is 0 Å². The van der Waals surface area contributed by atoms with Crippen LogP contribution in [0.2, 0.25) is 0 Å². The molecule has 7 nitrogen and oxygen atoms in total. The minimum absolute atomic E-state index is 0.311. The highest BCUT2D eigenvalue weighted by molar-refractivity contribution is 5.68. The second-order valence-electron chi connectivity index (χ2n) is 8.06. The molecular formula is C18H37N3O4. The molecule has 0 spiro atoms. The van der Waals surface area contributed by atoms with E-state index >= 15 is 0 Å². The molecule has 25 heavy (non-hydrogen) atoms. The fraction of sp³-hybridized carbons (Fsp3) is 0.889. The van der Waals surface area contributed by atoms with E-state index in [1.54, 1.807) is 4.90 Å². The normalized spacial score (nSPS) is 11.8. The Hall–Kier alpha value is -1.50. The van der Waals surface area contributed by atoms with Crippen molar-refractivity contribution in [1.82, 2.24) is 15.5 Å². The molecule has 0 rings (SSSR count). The summed E-state index contributed by atoms with van der Waals surface area (Å²) in [4.78, 5) is 25.6. The van der Waals surface area contributed by atoms with E-state index < -0.39 is 17.3 Å². The number of carbonyl (C=O) groups excluding carboxylic acids is 2. The van der Waals surface area contributed by atoms with Crippen molar-refractivity contribution >= 4 is 12.2 Å². The Bertz CT molecular complexity index is 400. The van der Waals surface area contributed by atoms with Crippen LogP contribution in [0.25, 0.3) is 0 Å². The number of hydrogen-bond acceptors (Lipinski definition) is 5. The molecule has 0 bridgehead atoms. The smallest absolute Gasteiger partial charge is 0.410 e. The van der Waals surface area contributed by atoms with Gasteiger partial charge in [-0.1, -0.05) is 0 Å². The quantitative estimate of drug-likeness (QED) is 0.618. The summed E-state index contributed by atoms with van der Waals surface area (Å²) in [5, 5.41) is 5.80. The second-order valence-corrected chi connectivity index (χ2v) is 8.06. The van der Waals surface area contributed by atoms with Crippen molar-refractivity contribution in [3.05, 3.63) is 0 Å². The lowest BCUT2D eigenvalue weighted by Gasteiger charge is -2.27. The fourth-order valence-electron chi connectivity index (χ4n) is 2.00. The number of amides is 2. The van der Waals surface area contributed by atoms with Gasteiger partial charge in [0.2, 0.25) is 0 Å². The first-order chi connectivity index (χ1) is 11.4. The van der Waals surface area contributed by atoms with Crippen LogP contribution in [0.1, 0.15) is 60.8 Å². The Morgan fingerprint density at radius 1 is 0.840 bits per heavy atom. The summed E-state index contributed by atoms with van der Waals surface area (Å²) in [5.74, 6) is 0. The number of unbranched alkanes of at least 4 members (excludes halogenated alkanes) is 1. The summed E-state index contributed by atoms with van der Waals surface area (Å²) in [6.07, 6.45) is 1.79. The SMILES string of the molecule is CNCCCCN(CCCNC(=O)OC(C)(C)C)C(=O)OC(C)(C)C. The van der Waals surface area contributed by atoms with Crippen molar-refractivity contribution < 1.29 is 19.1 Å². The lowest BCUT2D eigenvalue weighted by molar-refractivity contribution is 0.0245. The topological polar surface area (TPSA) is 79.9 Å². The lowest BCUT2D eigenvalue weighted by Crippen LogP contribution is -2.39. The van der Waals surface area contributed by atoms with E-state index in [-0.39, 0.29) is 6.09 Å². The minimum atomic E-state index is -0.519. The largest absolute Gasteiger partial charge is 0.444 e. The molecule has 0 fully saturated rings. The van der Waals surface area contributed by atoms with Gasteiger partial charge in [0, 0.05) is 19.6 Å². The van der Waals surface area contributed by atoms with E-state index in [9.17, 15) is 9.59 Å². The molecule has 0 atom stereocenters. The summed E-state index contributed by atoms with van der Waals surface area (Å²) >= 11 is 0. The maximum Gasteiger partial charge on any atom is 0.410 e. The molecule has 0 unspecified atom stereocenters. The third-order valence-corrected chi connectivity index (χ3v) is 3.03. The van der Waals surface area contributed by atoms with Crippen LogP contribution < -0.4 is 10.6 Å². The van der Waals surface area contributed by atoms with Crippen LogP contribution in [-0.4, -0.2) is 61.5 Å². The molecule has 2 N–H and O–H groups in total. The molecule has 0 aliphatic heterocycles. The number of ether oxygens (including phenoxy) is 2. The van der Waals surface area contributed by atoms with Gasteiger partial charge in [-0.3, -0.25) is 0 Å². The number of alkyl carbamates (subject to hydrolysis) is 1. The van der Waals surface area contributed by atoms with E-state index in [2.05, 4.69) is 10.6 Å². The monoisotopic (exact) mass is 359 g/mol. The van der Waals surface area contributed by atoms with Crippen molar-refractivity contribution in [2.24, 2.45) is 0 Å². The molecule has 0 aromatic carbocycles. The molecule has 2 amide bonds. The average molecular weight is 360 g/mol. The van der Waals surface area contributed by atoms with Crippen molar-refractivity contribution in [2.45, 2.75) is 72.0 Å². The zero-order chi connectivity index (χ0) is 19.5. The number of hydrogen-bond donors (Lipinski definition) is 2. The van der Waals surface area contributed by atoms with Gasteiger partial charge in [-0.15, -0.1) is 0 Å². The number of nitrogens with one attached hydrogen (secondary N) is 2. The van der Waals surface area contributed by atoms with Gasteiger partial charge in [0.25, 0.3) is 0 Å². The molecule has 0 saturated heterocycles. The van der Waals surface area contributed by atoms with Gasteiger partial charge in [0.05, 0.1) is 0 Å². The molecule has 0 heterocycles. The first-order valence-corrected chi connectivity index (χ1v) is 9.04. The van der Waals surface area contributed by atoms with Gasteiger partial charge in [-0.2, -0.15) is 0 Å². The summed E-state index contributed by atoms with van der Waals surface area (Å²) in [5.41, 5.74) is -1.03. The van der Waals surface area contributed by atoms with Crippen LogP contribution in [0.15, 0.2) is 0 Å². The fourth-order valence-corrected chi connectivity index (χ4v) is 2.00. The maximum atomic E-state index is 12.3. The van der Waals surface area contributed by atoms with Crippen molar-refractivity contribution in [1.29, 1.82) is 0 Å². The van der Waals surface area contributed by atoms with Crippen molar-refractivity contribution in [3.63, 3.8) is 0 Å². The van der Waals surface area contributed by atoms with E-state index in [1.165, 1.54) is 0 Å². The Kier molecular flexibility index (Phi) is 10.5. The maximum absolute atomic E-state index is 12.3. The lowest BCUT2D eigenvalue weighted by atomic mass is 10.2. The highest BCUT2D eigenvalue weighted by Crippen LogP contribution is 2.11. The number of nitrogens with zero attached hydrogens (tertiary/aromatic N) is 1. The van der Waals surface area contributed by atoms with Gasteiger partial charge in [-0.25, -0.2) is 9.59 Å². The van der Waals surface area contributed by atoms with Crippen molar-refractivity contribution in [2.75, 3.05) is 33.2 Å². The Balaban J connectivity index is 4.33. The highest BCUT2D eigenvalue weighted by Gasteiger charge is 2.22. The Morgan fingerprint density at radius 3 is 1.92 bits per heavy atom. The molecule has 0 aromatic rings. The predicted octanol–water partition coefficient (Wildman–Crippen LogP) is 3.14. The van der Waals surface area contributed by atoms with Crippen LogP contribution in [0.4, 0.5) is 9.59 Å². The summed E-state index contributed by atoms with van der Waals surface area (Å²) in [7, 11) is 1.91. The van der Waals surface area contributed by atoms with E-state index in [0.717, 1.165) is 19.4 Å². The Morgan fingerprint density at radius 2 is 1.40 bits per heavy atom. The van der Waals surface area contributed by atoms with Gasteiger partial charge in [0.1, 0.15) is 11.2 Å². The van der Waals surface area contributed by atoms with E-state index in [4.69, 9.17) is 9.47 Å². The summed E-state index contributed by atoms with van der Waals surface area (Å²) in [6.45, 7) is 13.6. The first-order valence-electron chi connectivity index (χ1n) is 9.04. The van der Waals surface area contributed by atoms with Crippen molar-refractivity contribution in [3.8, 4) is 0 Å². The third-order valence-electron chi connectivity index (χ3n) is 3.03. The van der Waals surface area contributed by atoms with Crippen LogP contribution in [0.5, 0.6) is 0 Å². The zero-order valence-corrected chi connectivity index (χ0v) is 17.0. The van der Waals surface area contributed by atoms with Crippen LogP contribution >= 0.6 is 0 Å². The van der Waals surface area contributed by atoms with Gasteiger partial charge in [0.15, 0.2) is 0 Å². The third kappa shape index (κ3) is 14.5. The average Bonchev–Trinajstić information content (AvgIpc) is 2.41. The molecule has 0 radical (unpaired) electrons. The molecular weight excluding hydrogens is 322 g/mol. The minimum Gasteiger partial charge on any atom is -0.444 e.